The number of nitrogens with one attached hydrogen (secondary N) is 2. The molecule has 1 aromatic rings. The van der Waals surface area contributed by atoms with E-state index in [9.17, 15) is 0 Å². The summed E-state index contributed by atoms with van der Waals surface area (Å²) < 4.78 is 5.42. The van der Waals surface area contributed by atoms with Gasteiger partial charge >= 0.3 is 0 Å². The van der Waals surface area contributed by atoms with Gasteiger partial charge in [0.2, 0.25) is 0 Å². The van der Waals surface area contributed by atoms with E-state index < -0.39 is 0 Å². The van der Waals surface area contributed by atoms with Crippen molar-refractivity contribution in [1.82, 2.24) is 9.97 Å². The molecule has 1 unspecified atom stereocenters. The van der Waals surface area contributed by atoms with Crippen LogP contribution in [0.3, 0.4) is 0 Å². The van der Waals surface area contributed by atoms with Crippen molar-refractivity contribution in [2.24, 2.45) is 5.41 Å². The van der Waals surface area contributed by atoms with Gasteiger partial charge < -0.3 is 15.4 Å². The Morgan fingerprint density at radius 1 is 1.33 bits per heavy atom. The fraction of sp³-hybridized carbons (Fsp3) is 0.750. The summed E-state index contributed by atoms with van der Waals surface area (Å²) in [6, 6.07) is 2.46. The molecule has 0 bridgehead atoms. The predicted molar refractivity (Wildman–Crippen MR) is 86.6 cm³/mol. The Balaban J connectivity index is 2.07. The standard InChI is InChI=1S/C16H28N4O/c1-5-21-11-15-19-13(17-4)9-14(20-15)18-12-7-6-8-16(2,3)10-12/h9,12H,5-8,10-11H2,1-4H3,(H2,17,18,19,20). The monoisotopic (exact) mass is 292 g/mol. The first-order valence-corrected chi connectivity index (χ1v) is 7.92. The summed E-state index contributed by atoms with van der Waals surface area (Å²) in [5.74, 6) is 2.45. The number of aromatic nitrogens is 2. The lowest BCUT2D eigenvalue weighted by Gasteiger charge is -2.35. The second-order valence-electron chi connectivity index (χ2n) is 6.54. The molecule has 0 aliphatic heterocycles. The molecule has 2 N–H and O–H groups in total. The number of rotatable bonds is 6. The van der Waals surface area contributed by atoms with E-state index in [2.05, 4.69) is 34.4 Å². The number of ether oxygens (including phenoxy) is 1. The van der Waals surface area contributed by atoms with E-state index in [0.29, 0.717) is 24.7 Å². The molecule has 0 amide bonds. The van der Waals surface area contributed by atoms with Gasteiger partial charge in [0, 0.05) is 25.8 Å². The number of nitrogens with zero attached hydrogens (tertiary/aromatic N) is 2. The van der Waals surface area contributed by atoms with Gasteiger partial charge in [0.1, 0.15) is 18.2 Å². The van der Waals surface area contributed by atoms with Crippen LogP contribution in [0.15, 0.2) is 6.07 Å². The molecule has 5 nitrogen and oxygen atoms in total. The summed E-state index contributed by atoms with van der Waals surface area (Å²) in [5.41, 5.74) is 0.420. The van der Waals surface area contributed by atoms with Crippen molar-refractivity contribution in [3.8, 4) is 0 Å². The maximum atomic E-state index is 5.42. The van der Waals surface area contributed by atoms with E-state index in [-0.39, 0.29) is 0 Å². The highest BCUT2D eigenvalue weighted by atomic mass is 16.5. The summed E-state index contributed by atoms with van der Waals surface area (Å²) in [6.45, 7) is 7.80. The Bertz CT molecular complexity index is 462. The molecule has 1 aliphatic carbocycles. The molecule has 1 fully saturated rings. The normalized spacial score (nSPS) is 21.0. The van der Waals surface area contributed by atoms with Crippen LogP contribution in [0.4, 0.5) is 11.6 Å². The van der Waals surface area contributed by atoms with Crippen molar-refractivity contribution in [2.45, 2.75) is 59.1 Å². The highest BCUT2D eigenvalue weighted by molar-refractivity contribution is 5.47. The Morgan fingerprint density at radius 2 is 2.10 bits per heavy atom. The average Bonchev–Trinajstić information content (AvgIpc) is 2.43. The largest absolute Gasteiger partial charge is 0.374 e. The van der Waals surface area contributed by atoms with Crippen LogP contribution < -0.4 is 10.6 Å². The average molecular weight is 292 g/mol. The zero-order chi connectivity index (χ0) is 15.3. The molecule has 0 saturated heterocycles. The van der Waals surface area contributed by atoms with E-state index >= 15 is 0 Å². The highest BCUT2D eigenvalue weighted by Crippen LogP contribution is 2.36. The van der Waals surface area contributed by atoms with Crippen LogP contribution in [-0.2, 0) is 11.3 Å². The van der Waals surface area contributed by atoms with Crippen LogP contribution >= 0.6 is 0 Å². The van der Waals surface area contributed by atoms with E-state index in [1.165, 1.54) is 25.7 Å². The van der Waals surface area contributed by atoms with Crippen LogP contribution in [0, 0.1) is 5.41 Å². The fourth-order valence-corrected chi connectivity index (χ4v) is 2.99. The molecular weight excluding hydrogens is 264 g/mol. The molecule has 118 valence electrons. The summed E-state index contributed by atoms with van der Waals surface area (Å²) in [7, 11) is 1.88. The highest BCUT2D eigenvalue weighted by Gasteiger charge is 2.28. The van der Waals surface area contributed by atoms with Crippen molar-refractivity contribution >= 4 is 11.6 Å². The van der Waals surface area contributed by atoms with Crippen LogP contribution in [0.25, 0.3) is 0 Å². The third-order valence-corrected chi connectivity index (χ3v) is 4.02. The summed E-state index contributed by atoms with van der Waals surface area (Å²) >= 11 is 0. The van der Waals surface area contributed by atoms with Gasteiger partial charge in [-0.05, 0) is 31.6 Å². The molecule has 1 heterocycles. The molecule has 1 aliphatic rings. The smallest absolute Gasteiger partial charge is 0.158 e. The van der Waals surface area contributed by atoms with E-state index in [1.54, 1.807) is 0 Å². The molecule has 1 atom stereocenters. The summed E-state index contributed by atoms with van der Waals surface area (Å²) in [6.07, 6.45) is 4.99. The van der Waals surface area contributed by atoms with E-state index in [1.807, 2.05) is 20.0 Å². The maximum Gasteiger partial charge on any atom is 0.158 e. The lowest BCUT2D eigenvalue weighted by Crippen LogP contribution is -2.32. The predicted octanol–water partition coefficient (Wildman–Crippen LogP) is 3.44. The van der Waals surface area contributed by atoms with Crippen molar-refractivity contribution in [2.75, 3.05) is 24.3 Å². The van der Waals surface area contributed by atoms with Gasteiger partial charge in [-0.25, -0.2) is 9.97 Å². The van der Waals surface area contributed by atoms with Crippen molar-refractivity contribution in [1.29, 1.82) is 0 Å². The molecular formula is C16H28N4O. The SMILES string of the molecule is CCOCc1nc(NC)cc(NC2CCCC(C)(C)C2)n1. The number of anilines is 2. The van der Waals surface area contributed by atoms with Gasteiger partial charge in [-0.1, -0.05) is 20.3 Å². The lowest BCUT2D eigenvalue weighted by atomic mass is 9.75. The van der Waals surface area contributed by atoms with Gasteiger partial charge in [-0.3, -0.25) is 0 Å². The van der Waals surface area contributed by atoms with Gasteiger partial charge in [-0.15, -0.1) is 0 Å². The first kappa shape index (κ1) is 16.0. The molecule has 1 aromatic heterocycles. The first-order chi connectivity index (χ1) is 10.0. The zero-order valence-corrected chi connectivity index (χ0v) is 13.7. The van der Waals surface area contributed by atoms with Crippen LogP contribution in [0.5, 0.6) is 0 Å². The van der Waals surface area contributed by atoms with Crippen molar-refractivity contribution < 1.29 is 4.74 Å². The lowest BCUT2D eigenvalue weighted by molar-refractivity contribution is 0.128. The van der Waals surface area contributed by atoms with Gasteiger partial charge in [0.15, 0.2) is 5.82 Å². The van der Waals surface area contributed by atoms with Crippen molar-refractivity contribution in [3.63, 3.8) is 0 Å². The first-order valence-electron chi connectivity index (χ1n) is 7.92. The molecule has 0 spiro atoms. The van der Waals surface area contributed by atoms with Gasteiger partial charge in [0.25, 0.3) is 0 Å². The Labute approximate surface area is 127 Å². The van der Waals surface area contributed by atoms with E-state index in [4.69, 9.17) is 4.74 Å². The van der Waals surface area contributed by atoms with Crippen LogP contribution in [0.1, 0.15) is 52.3 Å². The van der Waals surface area contributed by atoms with E-state index in [0.717, 1.165) is 17.5 Å². The van der Waals surface area contributed by atoms with Gasteiger partial charge in [0.05, 0.1) is 0 Å². The Hall–Kier alpha value is -1.36. The molecule has 5 heteroatoms. The minimum Gasteiger partial charge on any atom is -0.374 e. The molecule has 2 rings (SSSR count). The molecule has 0 radical (unpaired) electrons. The van der Waals surface area contributed by atoms with Crippen molar-refractivity contribution in [3.05, 3.63) is 11.9 Å². The minimum atomic E-state index is 0.420. The number of hydrogen-bond acceptors (Lipinski definition) is 5. The number of hydrogen-bond donors (Lipinski definition) is 2. The third kappa shape index (κ3) is 4.84. The zero-order valence-electron chi connectivity index (χ0n) is 13.7. The second-order valence-corrected chi connectivity index (χ2v) is 6.54. The topological polar surface area (TPSA) is 59.1 Å². The Morgan fingerprint density at radius 3 is 2.76 bits per heavy atom. The van der Waals surface area contributed by atoms with Crippen LogP contribution in [0.2, 0.25) is 0 Å². The quantitative estimate of drug-likeness (QED) is 0.841. The molecule has 21 heavy (non-hydrogen) atoms. The fourth-order valence-electron chi connectivity index (χ4n) is 2.99. The third-order valence-electron chi connectivity index (χ3n) is 4.02. The summed E-state index contributed by atoms with van der Waals surface area (Å²) in [5, 5.41) is 6.67. The second kappa shape index (κ2) is 7.07. The minimum absolute atomic E-state index is 0.420. The Kier molecular flexibility index (Phi) is 5.39. The molecule has 0 aromatic carbocycles. The summed E-state index contributed by atoms with van der Waals surface area (Å²) in [4.78, 5) is 9.00. The van der Waals surface area contributed by atoms with Crippen LogP contribution in [-0.4, -0.2) is 29.7 Å². The maximum absolute atomic E-state index is 5.42. The van der Waals surface area contributed by atoms with Gasteiger partial charge in [-0.2, -0.15) is 0 Å². The molecule has 1 saturated carbocycles.